The molecule has 0 bridgehead atoms. The van der Waals surface area contributed by atoms with Gasteiger partial charge in [-0.3, -0.25) is 19.2 Å². The van der Waals surface area contributed by atoms with Crippen molar-refractivity contribution in [3.63, 3.8) is 0 Å². The molecule has 2 aromatic carbocycles. The van der Waals surface area contributed by atoms with E-state index in [1.54, 1.807) is 52.0 Å². The van der Waals surface area contributed by atoms with E-state index in [4.69, 9.17) is 16.3 Å². The molecule has 2 rings (SSSR count). The Morgan fingerprint density at radius 2 is 1.21 bits per heavy atom. The molecule has 0 aliphatic rings. The highest BCUT2D eigenvalue weighted by Gasteiger charge is 2.57. The summed E-state index contributed by atoms with van der Waals surface area (Å²) in [5.41, 5.74) is -0.888. The second-order valence-electron chi connectivity index (χ2n) is 9.88. The Hall–Kier alpha value is -2.76. The Morgan fingerprint density at radius 3 is 1.55 bits per heavy atom. The summed E-state index contributed by atoms with van der Waals surface area (Å²) in [5, 5.41) is 7.65. The number of halogens is 1. The fourth-order valence-electron chi connectivity index (χ4n) is 4.91. The SMILES string of the molecule is CCCCCOC(=O)C(C(Cl)C(=O)O)P(=O)(C(=O)c1c(C)cc(C)cc1C)C(=O)c1c(C)cc(C)cc1C. The fraction of sp³-hybridized carbons (Fsp3) is 0.448. The molecule has 0 aromatic heterocycles. The lowest BCUT2D eigenvalue weighted by molar-refractivity contribution is -0.147. The van der Waals surface area contributed by atoms with Gasteiger partial charge in [0, 0.05) is 11.1 Å². The van der Waals surface area contributed by atoms with Crippen LogP contribution in [0.15, 0.2) is 24.3 Å². The van der Waals surface area contributed by atoms with Crippen LogP contribution in [0.4, 0.5) is 0 Å². The average Bonchev–Trinajstić information content (AvgIpc) is 2.80. The molecule has 0 amide bonds. The second-order valence-corrected chi connectivity index (χ2v) is 13.0. The molecule has 0 aliphatic heterocycles. The summed E-state index contributed by atoms with van der Waals surface area (Å²) in [6.45, 7) is 12.1. The van der Waals surface area contributed by atoms with Gasteiger partial charge >= 0.3 is 11.9 Å². The van der Waals surface area contributed by atoms with Gasteiger partial charge in [0.2, 0.25) is 18.2 Å². The number of aliphatic carboxylic acids is 1. The van der Waals surface area contributed by atoms with E-state index < -0.39 is 41.2 Å². The third-order valence-electron chi connectivity index (χ3n) is 6.52. The molecule has 9 heteroatoms. The Morgan fingerprint density at radius 1 is 0.816 bits per heavy atom. The zero-order chi connectivity index (χ0) is 28.9. The number of benzene rings is 2. The van der Waals surface area contributed by atoms with Gasteiger partial charge in [0.1, 0.15) is 0 Å². The summed E-state index contributed by atoms with van der Waals surface area (Å²) in [7, 11) is -5.08. The number of carbonyl (C=O) groups is 4. The van der Waals surface area contributed by atoms with Gasteiger partial charge in [-0.05, 0) is 70.2 Å². The van der Waals surface area contributed by atoms with Crippen LogP contribution in [0.5, 0.6) is 0 Å². The Labute approximate surface area is 229 Å². The molecule has 2 atom stereocenters. The predicted molar refractivity (Wildman–Crippen MR) is 149 cm³/mol. The Balaban J connectivity index is 2.89. The van der Waals surface area contributed by atoms with Crippen molar-refractivity contribution < 1.29 is 33.6 Å². The summed E-state index contributed by atoms with van der Waals surface area (Å²) in [6, 6.07) is 6.80. The Bertz CT molecular complexity index is 1190. The lowest BCUT2D eigenvalue weighted by Gasteiger charge is -2.28. The number of carbonyl (C=O) groups excluding carboxylic acids is 3. The zero-order valence-electron chi connectivity index (χ0n) is 23.0. The number of rotatable bonds is 12. The van der Waals surface area contributed by atoms with Crippen molar-refractivity contribution in [2.45, 2.75) is 78.8 Å². The molecular weight excluding hydrogens is 527 g/mol. The first kappa shape index (κ1) is 31.5. The Kier molecular flexibility index (Phi) is 10.6. The van der Waals surface area contributed by atoms with Crippen LogP contribution in [0.3, 0.4) is 0 Å². The van der Waals surface area contributed by atoms with E-state index in [0.29, 0.717) is 28.7 Å². The summed E-state index contributed by atoms with van der Waals surface area (Å²) in [5.74, 6) is -2.92. The quantitative estimate of drug-likeness (QED) is 0.133. The molecule has 7 nitrogen and oxygen atoms in total. The number of carboxylic acids is 1. The monoisotopic (exact) mass is 562 g/mol. The van der Waals surface area contributed by atoms with E-state index in [1.165, 1.54) is 0 Å². The molecule has 38 heavy (non-hydrogen) atoms. The number of aryl methyl sites for hydroxylation is 6. The van der Waals surface area contributed by atoms with Gasteiger partial charge in [-0.15, -0.1) is 11.6 Å². The van der Waals surface area contributed by atoms with Crippen molar-refractivity contribution in [2.75, 3.05) is 6.61 Å². The van der Waals surface area contributed by atoms with Crippen molar-refractivity contribution in [1.82, 2.24) is 0 Å². The van der Waals surface area contributed by atoms with Gasteiger partial charge in [0.25, 0.3) is 0 Å². The van der Waals surface area contributed by atoms with Crippen LogP contribution < -0.4 is 0 Å². The molecule has 0 saturated carbocycles. The number of alkyl halides is 1. The molecule has 2 aromatic rings. The molecule has 2 unspecified atom stereocenters. The normalized spacial score (nSPS) is 13.1. The first-order chi connectivity index (χ1) is 17.7. The number of hydrogen-bond donors (Lipinski definition) is 1. The van der Waals surface area contributed by atoms with E-state index in [-0.39, 0.29) is 17.7 Å². The fourth-order valence-corrected chi connectivity index (χ4v) is 8.42. The van der Waals surface area contributed by atoms with Crippen LogP contribution in [0, 0.1) is 41.5 Å². The van der Waals surface area contributed by atoms with E-state index >= 15 is 4.57 Å². The third kappa shape index (κ3) is 6.44. The van der Waals surface area contributed by atoms with Crippen molar-refractivity contribution >= 4 is 41.7 Å². The molecule has 206 valence electrons. The predicted octanol–water partition coefficient (Wildman–Crippen LogP) is 6.67. The van der Waals surface area contributed by atoms with Gasteiger partial charge in [-0.1, -0.05) is 55.2 Å². The maximum Gasteiger partial charge on any atom is 0.323 e. The van der Waals surface area contributed by atoms with Gasteiger partial charge in [-0.25, -0.2) is 0 Å². The lowest BCUT2D eigenvalue weighted by Crippen LogP contribution is -2.41. The first-order valence-electron chi connectivity index (χ1n) is 12.6. The summed E-state index contributed by atoms with van der Waals surface area (Å²) < 4.78 is 20.3. The average molecular weight is 563 g/mol. The summed E-state index contributed by atoms with van der Waals surface area (Å²) in [6.07, 6.45) is 2.05. The molecule has 0 aliphatic carbocycles. The maximum absolute atomic E-state index is 15.0. The molecule has 0 radical (unpaired) electrons. The minimum Gasteiger partial charge on any atom is -0.480 e. The summed E-state index contributed by atoms with van der Waals surface area (Å²) in [4.78, 5) is 53.9. The molecule has 0 heterocycles. The minimum absolute atomic E-state index is 0.00717. The van der Waals surface area contributed by atoms with Crippen molar-refractivity contribution in [1.29, 1.82) is 0 Å². The highest BCUT2D eigenvalue weighted by Crippen LogP contribution is 2.59. The maximum atomic E-state index is 15.0. The molecule has 1 N–H and O–H groups in total. The van der Waals surface area contributed by atoms with Crippen molar-refractivity contribution in [3.05, 3.63) is 68.8 Å². The second kappa shape index (κ2) is 12.9. The van der Waals surface area contributed by atoms with Gasteiger partial charge in [0.05, 0.1) is 6.61 Å². The molecular formula is C29H36ClO7P. The molecule has 0 fully saturated rings. The van der Waals surface area contributed by atoms with Gasteiger partial charge in [0.15, 0.2) is 11.0 Å². The molecule has 0 spiro atoms. The largest absolute Gasteiger partial charge is 0.480 e. The lowest BCUT2D eigenvalue weighted by atomic mass is 10.0. The highest BCUT2D eigenvalue weighted by atomic mass is 35.5. The number of carboxylic acid groups (broad SMARTS) is 1. The van der Waals surface area contributed by atoms with E-state index in [1.807, 2.05) is 20.8 Å². The van der Waals surface area contributed by atoms with Crippen molar-refractivity contribution in [3.8, 4) is 0 Å². The standard InChI is InChI=1S/C29H36ClO7P/c1-8-9-10-11-37-27(33)25(24(30)26(31)32)38(36,28(34)22-18(4)12-16(2)13-19(22)5)29(35)23-20(6)14-17(3)15-21(23)7/h12-15,24-25H,8-11H2,1-7H3,(H,31,32). The minimum atomic E-state index is -5.08. The van der Waals surface area contributed by atoms with E-state index in [0.717, 1.165) is 24.0 Å². The van der Waals surface area contributed by atoms with Gasteiger partial charge in [-0.2, -0.15) is 0 Å². The van der Waals surface area contributed by atoms with Crippen LogP contribution in [0.1, 0.15) is 80.3 Å². The number of hydrogen-bond acceptors (Lipinski definition) is 6. The van der Waals surface area contributed by atoms with Crippen LogP contribution >= 0.6 is 18.7 Å². The highest BCUT2D eigenvalue weighted by molar-refractivity contribution is 7.96. The zero-order valence-corrected chi connectivity index (χ0v) is 24.7. The smallest absolute Gasteiger partial charge is 0.323 e. The van der Waals surface area contributed by atoms with Crippen molar-refractivity contribution in [2.24, 2.45) is 0 Å². The van der Waals surface area contributed by atoms with E-state index in [9.17, 15) is 24.3 Å². The molecule has 0 saturated heterocycles. The van der Waals surface area contributed by atoms with E-state index in [2.05, 4.69) is 0 Å². The topological polar surface area (TPSA) is 115 Å². The third-order valence-corrected chi connectivity index (χ3v) is 10.1. The first-order valence-corrected chi connectivity index (χ1v) is 14.8. The number of esters is 1. The van der Waals surface area contributed by atoms with Crippen LogP contribution in [-0.4, -0.2) is 45.7 Å². The van der Waals surface area contributed by atoms with Crippen LogP contribution in [0.25, 0.3) is 0 Å². The summed E-state index contributed by atoms with van der Waals surface area (Å²) >= 11 is 6.20. The number of unbranched alkanes of at least 4 members (excludes halogenated alkanes) is 2. The van der Waals surface area contributed by atoms with Crippen LogP contribution in [0.2, 0.25) is 0 Å². The van der Waals surface area contributed by atoms with Crippen LogP contribution in [-0.2, 0) is 18.9 Å². The van der Waals surface area contributed by atoms with Gasteiger partial charge < -0.3 is 14.4 Å². The number of ether oxygens (including phenoxy) is 1.